The number of anilines is 1. The van der Waals surface area contributed by atoms with Gasteiger partial charge in [-0.05, 0) is 36.2 Å². The minimum Gasteiger partial charge on any atom is -0.486 e. The molecule has 0 spiro atoms. The fraction of sp³-hybridized carbons (Fsp3) is 0.333. The summed E-state index contributed by atoms with van der Waals surface area (Å²) >= 11 is 0. The Morgan fingerprint density at radius 2 is 1.81 bits per heavy atom. The normalized spacial score (nSPS) is 17.8. The van der Waals surface area contributed by atoms with Gasteiger partial charge < -0.3 is 25.0 Å². The van der Waals surface area contributed by atoms with E-state index in [2.05, 4.69) is 10.6 Å². The highest BCUT2D eigenvalue weighted by atomic mass is 32.2. The summed E-state index contributed by atoms with van der Waals surface area (Å²) < 4.78 is 33.7. The molecule has 2 aromatic rings. The number of nitrogens with two attached hydrogens (primary N) is 1. The van der Waals surface area contributed by atoms with Gasteiger partial charge in [-0.1, -0.05) is 12.1 Å². The van der Waals surface area contributed by atoms with Crippen molar-refractivity contribution in [2.75, 3.05) is 31.2 Å². The maximum absolute atomic E-state index is 12.5. The molecule has 2 aliphatic heterocycles. The van der Waals surface area contributed by atoms with Crippen molar-refractivity contribution in [3.05, 3.63) is 48.0 Å². The summed E-state index contributed by atoms with van der Waals surface area (Å²) in [6.45, 7) is 1.68. The lowest BCUT2D eigenvalue weighted by Gasteiger charge is -2.22. The summed E-state index contributed by atoms with van der Waals surface area (Å²) in [4.78, 5) is 26.4. The molecule has 1 saturated heterocycles. The van der Waals surface area contributed by atoms with E-state index in [1.807, 2.05) is 0 Å². The Labute approximate surface area is 185 Å². The molecule has 0 saturated carbocycles. The van der Waals surface area contributed by atoms with Gasteiger partial charge in [0.2, 0.25) is 15.9 Å². The van der Waals surface area contributed by atoms with Crippen LogP contribution in [0.3, 0.4) is 0 Å². The first-order valence-electron chi connectivity index (χ1n) is 10.2. The molecule has 0 bridgehead atoms. The highest BCUT2D eigenvalue weighted by Crippen LogP contribution is 2.35. The van der Waals surface area contributed by atoms with Crippen molar-refractivity contribution >= 4 is 27.6 Å². The molecule has 0 aliphatic carbocycles. The molecule has 0 unspecified atom stereocenters. The lowest BCUT2D eigenvalue weighted by atomic mass is 10.1. The number of ether oxygens (including phenoxy) is 2. The molecule has 2 heterocycles. The molecule has 2 aromatic carbocycles. The molecule has 11 heteroatoms. The van der Waals surface area contributed by atoms with Crippen LogP contribution in [0.2, 0.25) is 0 Å². The summed E-state index contributed by atoms with van der Waals surface area (Å²) in [6.07, 6.45) is 0.724. The number of carbonyl (C=O) groups is 2. The van der Waals surface area contributed by atoms with Crippen molar-refractivity contribution in [3.63, 3.8) is 0 Å². The fourth-order valence-electron chi connectivity index (χ4n) is 3.66. The first-order chi connectivity index (χ1) is 15.3. The van der Waals surface area contributed by atoms with Crippen molar-refractivity contribution < 1.29 is 27.5 Å². The predicted octanol–water partition coefficient (Wildman–Crippen LogP) is 0.752. The van der Waals surface area contributed by atoms with Gasteiger partial charge in [0.1, 0.15) is 13.2 Å². The van der Waals surface area contributed by atoms with Crippen molar-refractivity contribution in [1.82, 2.24) is 10.6 Å². The Bertz CT molecular complexity index is 1120. The second-order valence-electron chi connectivity index (χ2n) is 7.57. The molecule has 2 aliphatic rings. The van der Waals surface area contributed by atoms with E-state index in [0.717, 1.165) is 5.56 Å². The van der Waals surface area contributed by atoms with Crippen molar-refractivity contribution in [2.45, 2.75) is 23.8 Å². The minimum absolute atomic E-state index is 0.0421. The van der Waals surface area contributed by atoms with Crippen molar-refractivity contribution in [2.24, 2.45) is 5.14 Å². The predicted molar refractivity (Wildman–Crippen MR) is 116 cm³/mol. The molecule has 32 heavy (non-hydrogen) atoms. The number of primary sulfonamides is 1. The van der Waals surface area contributed by atoms with E-state index in [0.29, 0.717) is 49.9 Å². The zero-order valence-electron chi connectivity index (χ0n) is 17.2. The average Bonchev–Trinajstić information content (AvgIpc) is 3.13. The summed E-state index contributed by atoms with van der Waals surface area (Å²) in [5, 5.41) is 10.7. The van der Waals surface area contributed by atoms with Crippen LogP contribution in [0.25, 0.3) is 0 Å². The van der Waals surface area contributed by atoms with E-state index in [-0.39, 0.29) is 29.3 Å². The number of urea groups is 1. The third kappa shape index (κ3) is 5.11. The van der Waals surface area contributed by atoms with Crippen LogP contribution in [0, 0.1) is 0 Å². The summed E-state index contributed by atoms with van der Waals surface area (Å²) in [5.41, 5.74) is 1.56. The van der Waals surface area contributed by atoms with Crippen molar-refractivity contribution in [1.29, 1.82) is 0 Å². The van der Waals surface area contributed by atoms with Gasteiger partial charge in [0.25, 0.3) is 0 Å². The smallest absolute Gasteiger partial charge is 0.315 e. The van der Waals surface area contributed by atoms with E-state index in [1.54, 1.807) is 35.2 Å². The second-order valence-corrected chi connectivity index (χ2v) is 9.13. The Morgan fingerprint density at radius 3 is 2.53 bits per heavy atom. The largest absolute Gasteiger partial charge is 0.486 e. The number of sulfonamides is 1. The van der Waals surface area contributed by atoms with Crippen LogP contribution in [0.15, 0.2) is 47.4 Å². The first-order valence-corrected chi connectivity index (χ1v) is 11.7. The third-order valence-corrected chi connectivity index (χ3v) is 6.18. The molecule has 0 aromatic heterocycles. The van der Waals surface area contributed by atoms with Crippen LogP contribution in [-0.4, -0.2) is 52.7 Å². The van der Waals surface area contributed by atoms with Crippen molar-refractivity contribution in [3.8, 4) is 11.5 Å². The number of rotatable bonds is 6. The molecule has 1 atom stereocenters. The number of hydrogen-bond acceptors (Lipinski definition) is 6. The number of hydrogen-bond donors (Lipinski definition) is 3. The second kappa shape index (κ2) is 9.05. The van der Waals surface area contributed by atoms with E-state index < -0.39 is 10.0 Å². The minimum atomic E-state index is -3.73. The molecule has 4 N–H and O–H groups in total. The Hall–Kier alpha value is -3.31. The first kappa shape index (κ1) is 21.9. The van der Waals surface area contributed by atoms with E-state index >= 15 is 0 Å². The standard InChI is InChI=1S/C21H24N4O6S/c22-32(28,29)17-4-1-14(2-5-17)7-8-23-21(27)24-15-11-20(26)25(13-15)16-3-6-18-19(12-16)31-10-9-30-18/h1-6,12,15H,7-11,13H2,(H2,22,28,29)(H2,23,24,27)/t15-/m1/s1. The molecule has 4 rings (SSSR count). The molecule has 170 valence electrons. The molecular formula is C21H24N4O6S. The van der Waals surface area contributed by atoms with Gasteiger partial charge in [-0.25, -0.2) is 18.4 Å². The number of carbonyl (C=O) groups excluding carboxylic acids is 2. The van der Waals surface area contributed by atoms with Crippen LogP contribution in [-0.2, 0) is 21.2 Å². The van der Waals surface area contributed by atoms with Gasteiger partial charge >= 0.3 is 6.03 Å². The fourth-order valence-corrected chi connectivity index (χ4v) is 4.17. The molecule has 10 nitrogen and oxygen atoms in total. The summed E-state index contributed by atoms with van der Waals surface area (Å²) in [5.74, 6) is 1.18. The van der Waals surface area contributed by atoms with Crippen LogP contribution in [0.4, 0.5) is 10.5 Å². The zero-order valence-corrected chi connectivity index (χ0v) is 18.1. The maximum atomic E-state index is 12.5. The highest BCUT2D eigenvalue weighted by Gasteiger charge is 2.32. The SMILES string of the molecule is NS(=O)(=O)c1ccc(CCNC(=O)N[C@@H]2CC(=O)N(c3ccc4c(c3)OCCO4)C2)cc1. The monoisotopic (exact) mass is 460 g/mol. The van der Waals surface area contributed by atoms with Crippen LogP contribution >= 0.6 is 0 Å². The van der Waals surface area contributed by atoms with Gasteiger partial charge in [0.05, 0.1) is 10.9 Å². The topological polar surface area (TPSA) is 140 Å². The van der Waals surface area contributed by atoms with Crippen LogP contribution in [0.5, 0.6) is 11.5 Å². The van der Waals surface area contributed by atoms with E-state index in [9.17, 15) is 18.0 Å². The highest BCUT2D eigenvalue weighted by molar-refractivity contribution is 7.89. The number of fused-ring (bicyclic) bond motifs is 1. The summed E-state index contributed by atoms with van der Waals surface area (Å²) in [6, 6.07) is 10.8. The number of amides is 3. The molecule has 1 fully saturated rings. The Balaban J connectivity index is 1.26. The van der Waals surface area contributed by atoms with Gasteiger partial charge in [0.15, 0.2) is 11.5 Å². The maximum Gasteiger partial charge on any atom is 0.315 e. The zero-order chi connectivity index (χ0) is 22.7. The lowest BCUT2D eigenvalue weighted by molar-refractivity contribution is -0.117. The number of nitrogens with zero attached hydrogens (tertiary/aromatic N) is 1. The molecule has 3 amide bonds. The third-order valence-electron chi connectivity index (χ3n) is 5.25. The quantitative estimate of drug-likeness (QED) is 0.581. The molecular weight excluding hydrogens is 436 g/mol. The van der Waals surface area contributed by atoms with Crippen LogP contribution in [0.1, 0.15) is 12.0 Å². The number of nitrogens with one attached hydrogen (secondary N) is 2. The van der Waals surface area contributed by atoms with Gasteiger partial charge in [-0.2, -0.15) is 0 Å². The average molecular weight is 461 g/mol. The van der Waals surface area contributed by atoms with E-state index in [4.69, 9.17) is 14.6 Å². The van der Waals surface area contributed by atoms with E-state index in [1.165, 1.54) is 12.1 Å². The lowest BCUT2D eigenvalue weighted by Crippen LogP contribution is -2.43. The summed E-state index contributed by atoms with van der Waals surface area (Å²) in [7, 11) is -3.73. The van der Waals surface area contributed by atoms with Gasteiger partial charge in [-0.3, -0.25) is 4.79 Å². The van der Waals surface area contributed by atoms with Crippen LogP contribution < -0.4 is 30.1 Å². The van der Waals surface area contributed by atoms with Gasteiger partial charge in [-0.15, -0.1) is 0 Å². The van der Waals surface area contributed by atoms with Gasteiger partial charge in [0, 0.05) is 31.3 Å². The Kier molecular flexibility index (Phi) is 6.19. The molecule has 0 radical (unpaired) electrons. The number of benzene rings is 2. The Morgan fingerprint density at radius 1 is 1.09 bits per heavy atom.